The number of nitrogens with one attached hydrogen (secondary N) is 2. The van der Waals surface area contributed by atoms with Crippen molar-refractivity contribution < 1.29 is 9.30 Å². The van der Waals surface area contributed by atoms with Gasteiger partial charge in [-0.05, 0) is 80.3 Å². The van der Waals surface area contributed by atoms with Crippen molar-refractivity contribution in [2.45, 2.75) is 38.3 Å². The third-order valence-corrected chi connectivity index (χ3v) is 11.4. The zero-order valence-electron chi connectivity index (χ0n) is 26.8. The van der Waals surface area contributed by atoms with Crippen molar-refractivity contribution in [1.82, 2.24) is 29.7 Å². The Balaban J connectivity index is 1.12. The van der Waals surface area contributed by atoms with E-state index < -0.39 is 7.14 Å². The predicted octanol–water partition coefficient (Wildman–Crippen LogP) is 5.46. The number of aromatic nitrogens is 4. The van der Waals surface area contributed by atoms with Crippen molar-refractivity contribution in [2.24, 2.45) is 0 Å². The van der Waals surface area contributed by atoms with Gasteiger partial charge in [-0.3, -0.25) is 14.9 Å². The number of piperazine rings is 1. The van der Waals surface area contributed by atoms with E-state index in [9.17, 15) is 4.57 Å². The second kappa shape index (κ2) is 12.7. The van der Waals surface area contributed by atoms with Crippen LogP contribution in [0.3, 0.4) is 0 Å². The molecule has 0 aliphatic carbocycles. The number of likely N-dealkylation sites (N-methyl/N-ethyl adjacent to an activating group) is 1. The third-order valence-electron chi connectivity index (χ3n) is 9.30. The summed E-state index contributed by atoms with van der Waals surface area (Å²) in [6.45, 7) is 12.4. The minimum atomic E-state index is -2.73. The molecule has 7 rings (SSSR count). The van der Waals surface area contributed by atoms with Gasteiger partial charge in [-0.2, -0.15) is 4.98 Å². The topological polar surface area (TPSA) is 112 Å². The molecule has 13 heteroatoms. The van der Waals surface area contributed by atoms with Crippen molar-refractivity contribution in [3.8, 4) is 5.75 Å². The van der Waals surface area contributed by atoms with Crippen LogP contribution in [-0.2, 0) is 11.0 Å². The molecule has 0 bridgehead atoms. The minimum absolute atomic E-state index is 0.0934. The normalized spacial score (nSPS) is 19.7. The molecule has 2 fully saturated rings. The molecule has 0 radical (unpaired) electrons. The first kappa shape index (κ1) is 31.3. The van der Waals surface area contributed by atoms with Crippen molar-refractivity contribution >= 4 is 68.2 Å². The number of anilines is 5. The molecule has 242 valence electrons. The maximum Gasteiger partial charge on any atom is 0.229 e. The summed E-state index contributed by atoms with van der Waals surface area (Å²) in [4.78, 5) is 25.9. The summed E-state index contributed by atoms with van der Waals surface area (Å²) in [6, 6.07) is 8.73. The van der Waals surface area contributed by atoms with E-state index in [2.05, 4.69) is 82.3 Å². The Bertz CT molecular complexity index is 1800. The van der Waals surface area contributed by atoms with Gasteiger partial charge in [0.05, 0.1) is 26.7 Å². The van der Waals surface area contributed by atoms with Gasteiger partial charge in [-0.25, -0.2) is 4.98 Å². The maximum absolute atomic E-state index is 13.4. The van der Waals surface area contributed by atoms with Gasteiger partial charge in [-0.1, -0.05) is 0 Å². The average molecular weight is 707 g/mol. The minimum Gasteiger partial charge on any atom is -0.488 e. The summed E-state index contributed by atoms with van der Waals surface area (Å²) in [5, 5.41) is 7.45. The average Bonchev–Trinajstić information content (AvgIpc) is 3.44. The second-order valence-corrected chi connectivity index (χ2v) is 17.0. The summed E-state index contributed by atoms with van der Waals surface area (Å²) >= 11 is 3.59. The van der Waals surface area contributed by atoms with Crippen molar-refractivity contribution in [1.29, 1.82) is 0 Å². The van der Waals surface area contributed by atoms with Gasteiger partial charge in [0.1, 0.15) is 30.3 Å². The number of nitrogens with zero attached hydrogens (tertiary/aromatic N) is 7. The van der Waals surface area contributed by atoms with E-state index in [1.807, 2.05) is 12.1 Å². The van der Waals surface area contributed by atoms with Gasteiger partial charge in [-0.15, -0.1) is 0 Å². The molecule has 4 aromatic rings. The highest BCUT2D eigenvalue weighted by Gasteiger charge is 2.32. The molecule has 3 aliphatic heterocycles. The molecule has 2 N–H and O–H groups in total. The molecule has 2 saturated heterocycles. The van der Waals surface area contributed by atoms with E-state index in [-0.39, 0.29) is 6.10 Å². The van der Waals surface area contributed by atoms with Gasteiger partial charge >= 0.3 is 0 Å². The van der Waals surface area contributed by atoms with E-state index in [0.29, 0.717) is 44.3 Å². The smallest absolute Gasteiger partial charge is 0.229 e. The number of rotatable bonds is 7. The Kier molecular flexibility index (Phi) is 8.65. The van der Waals surface area contributed by atoms with Gasteiger partial charge in [0.15, 0.2) is 0 Å². The number of halogens is 1. The first-order valence-corrected chi connectivity index (χ1v) is 19.4. The van der Waals surface area contributed by atoms with E-state index in [1.54, 1.807) is 31.9 Å². The molecule has 0 spiro atoms. The zero-order valence-corrected chi connectivity index (χ0v) is 29.3. The summed E-state index contributed by atoms with van der Waals surface area (Å²) in [6.07, 6.45) is 8.31. The first-order chi connectivity index (χ1) is 22.1. The highest BCUT2D eigenvalue weighted by atomic mass is 79.9. The Labute approximate surface area is 278 Å². The van der Waals surface area contributed by atoms with Gasteiger partial charge < -0.3 is 29.7 Å². The van der Waals surface area contributed by atoms with Crippen LogP contribution < -0.4 is 25.6 Å². The van der Waals surface area contributed by atoms with Gasteiger partial charge in [0, 0.05) is 81.6 Å². The molecule has 2 aromatic heterocycles. The van der Waals surface area contributed by atoms with Crippen LogP contribution in [0.2, 0.25) is 0 Å². The monoisotopic (exact) mass is 705 g/mol. The zero-order chi connectivity index (χ0) is 32.0. The SMILES string of the molecule is CC1Cc2c(N3CCC(N4CCN(C)CC4)CC3)ccc(Nc3ncc(Br)c(Nc4ccc5nccnc5c4P(C)(C)=O)n3)c2O1. The number of piperidine rings is 1. The van der Waals surface area contributed by atoms with Crippen molar-refractivity contribution in [3.63, 3.8) is 0 Å². The Morgan fingerprint density at radius 3 is 2.43 bits per heavy atom. The number of hydrogen-bond acceptors (Lipinski definition) is 11. The van der Waals surface area contributed by atoms with Crippen LogP contribution >= 0.6 is 23.1 Å². The highest BCUT2D eigenvalue weighted by molar-refractivity contribution is 9.10. The molecule has 5 heterocycles. The number of ether oxygens (including phenoxy) is 1. The summed E-state index contributed by atoms with van der Waals surface area (Å²) in [5.74, 6) is 1.84. The Hall–Kier alpha value is -3.31. The van der Waals surface area contributed by atoms with Crippen LogP contribution in [0.4, 0.5) is 28.8 Å². The Morgan fingerprint density at radius 1 is 0.935 bits per heavy atom. The molecule has 1 atom stereocenters. The van der Waals surface area contributed by atoms with Crippen molar-refractivity contribution in [2.75, 3.05) is 75.2 Å². The summed E-state index contributed by atoms with van der Waals surface area (Å²) in [7, 11) is -0.511. The summed E-state index contributed by atoms with van der Waals surface area (Å²) < 4.78 is 20.5. The molecule has 11 nitrogen and oxygen atoms in total. The van der Waals surface area contributed by atoms with Crippen LogP contribution in [0.15, 0.2) is 47.3 Å². The lowest BCUT2D eigenvalue weighted by Crippen LogP contribution is -2.52. The molecule has 46 heavy (non-hydrogen) atoms. The molecule has 0 saturated carbocycles. The van der Waals surface area contributed by atoms with Gasteiger partial charge in [0.2, 0.25) is 5.95 Å². The van der Waals surface area contributed by atoms with E-state index in [0.717, 1.165) is 44.0 Å². The lowest BCUT2D eigenvalue weighted by atomic mass is 9.99. The highest BCUT2D eigenvalue weighted by Crippen LogP contribution is 2.44. The molecule has 3 aliphatic rings. The number of hydrogen-bond donors (Lipinski definition) is 2. The van der Waals surface area contributed by atoms with E-state index >= 15 is 0 Å². The number of benzene rings is 2. The molecule has 1 unspecified atom stereocenters. The fourth-order valence-electron chi connectivity index (χ4n) is 6.96. The van der Waals surface area contributed by atoms with Crippen LogP contribution in [0.25, 0.3) is 11.0 Å². The molecular formula is C33H41BrN9O2P. The lowest BCUT2D eigenvalue weighted by molar-refractivity contribution is 0.0982. The summed E-state index contributed by atoms with van der Waals surface area (Å²) in [5.41, 5.74) is 5.35. The van der Waals surface area contributed by atoms with Crippen LogP contribution in [-0.4, -0.2) is 102 Å². The maximum atomic E-state index is 13.4. The van der Waals surface area contributed by atoms with Crippen molar-refractivity contribution in [3.05, 3.63) is 52.9 Å². The van der Waals surface area contributed by atoms with Crippen LogP contribution in [0.5, 0.6) is 5.75 Å². The quantitative estimate of drug-likeness (QED) is 0.239. The first-order valence-electron chi connectivity index (χ1n) is 16.0. The predicted molar refractivity (Wildman–Crippen MR) is 189 cm³/mol. The van der Waals surface area contributed by atoms with E-state index in [4.69, 9.17) is 9.72 Å². The lowest BCUT2D eigenvalue weighted by Gasteiger charge is -2.43. The second-order valence-electron chi connectivity index (χ2n) is 13.0. The van der Waals surface area contributed by atoms with Crippen LogP contribution in [0.1, 0.15) is 25.3 Å². The molecule has 2 aromatic carbocycles. The number of fused-ring (bicyclic) bond motifs is 2. The Morgan fingerprint density at radius 2 is 1.67 bits per heavy atom. The molecular weight excluding hydrogens is 665 g/mol. The van der Waals surface area contributed by atoms with Crippen LogP contribution in [0, 0.1) is 0 Å². The molecule has 0 amide bonds. The third kappa shape index (κ3) is 6.32. The van der Waals surface area contributed by atoms with E-state index in [1.165, 1.54) is 37.2 Å². The fourth-order valence-corrected chi connectivity index (χ4v) is 8.65. The largest absolute Gasteiger partial charge is 0.488 e. The van der Waals surface area contributed by atoms with Gasteiger partial charge in [0.25, 0.3) is 0 Å². The standard InChI is InChI=1S/C33H41BrN9O2P/c1-21-19-23-28(43-13-9-22(10-14-43)42-17-15-41(2)16-18-42)8-7-26(30(23)45-21)39-33-37-20-24(34)32(40-33)38-27-6-5-25-29(36-12-11-35-25)31(27)46(3,4)44/h5-8,11-12,20-22H,9-10,13-19H2,1-4H3,(H2,37,38,39,40). The fraction of sp³-hybridized carbons (Fsp3) is 0.455.